The second-order valence-electron chi connectivity index (χ2n) is 7.69. The summed E-state index contributed by atoms with van der Waals surface area (Å²) < 4.78 is 2.29. The van der Waals surface area contributed by atoms with Gasteiger partial charge in [0.05, 0.1) is 6.10 Å². The number of aromatic nitrogens is 1. The molecular weight excluding hydrogens is 356 g/mol. The van der Waals surface area contributed by atoms with Gasteiger partial charge in [-0.25, -0.2) is 0 Å². The third kappa shape index (κ3) is 3.05. The quantitative estimate of drug-likeness (QED) is 0.711. The Balaban J connectivity index is 1.55. The molecule has 4 heteroatoms. The van der Waals surface area contributed by atoms with Crippen LogP contribution in [-0.2, 0) is 6.54 Å². The lowest BCUT2D eigenvalue weighted by Crippen LogP contribution is -2.48. The Bertz CT molecular complexity index is 993. The van der Waals surface area contributed by atoms with Crippen molar-refractivity contribution in [3.05, 3.63) is 76.6 Å². The van der Waals surface area contributed by atoms with E-state index in [1.807, 2.05) is 12.1 Å². The van der Waals surface area contributed by atoms with Crippen LogP contribution >= 0.6 is 11.6 Å². The monoisotopic (exact) mass is 378 g/mol. The Labute approximate surface area is 164 Å². The number of aliphatic hydroxyl groups is 1. The van der Waals surface area contributed by atoms with Crippen molar-refractivity contribution in [1.29, 1.82) is 0 Å². The Hall–Kier alpha value is -2.23. The van der Waals surface area contributed by atoms with Crippen LogP contribution in [-0.4, -0.2) is 33.8 Å². The largest absolute Gasteiger partial charge is 0.387 e. The molecule has 0 amide bonds. The van der Waals surface area contributed by atoms with Crippen molar-refractivity contribution in [3.8, 4) is 0 Å². The number of fused-ring (bicyclic) bond motifs is 4. The molecule has 0 spiro atoms. The third-order valence-electron chi connectivity index (χ3n) is 6.04. The molecule has 1 N–H and O–H groups in total. The van der Waals surface area contributed by atoms with E-state index in [1.54, 1.807) is 0 Å². The van der Waals surface area contributed by atoms with E-state index in [2.05, 4.69) is 58.1 Å². The molecule has 0 saturated carbocycles. The summed E-state index contributed by atoms with van der Waals surface area (Å²) >= 11 is 6.02. The van der Waals surface area contributed by atoms with Crippen LogP contribution in [0.2, 0.25) is 5.02 Å². The smallest absolute Gasteiger partial charge is 0.0965 e. The molecule has 1 aromatic heterocycles. The van der Waals surface area contributed by atoms with Gasteiger partial charge in [-0.05, 0) is 48.6 Å². The summed E-state index contributed by atoms with van der Waals surface area (Å²) in [5.74, 6) is 0.420. The van der Waals surface area contributed by atoms with Gasteiger partial charge in [0.25, 0.3) is 0 Å². The summed E-state index contributed by atoms with van der Waals surface area (Å²) in [6.07, 6.45) is 6.30. The molecule has 3 nitrogen and oxygen atoms in total. The minimum Gasteiger partial charge on any atom is -0.387 e. The van der Waals surface area contributed by atoms with E-state index in [0.29, 0.717) is 5.92 Å². The van der Waals surface area contributed by atoms with Gasteiger partial charge >= 0.3 is 0 Å². The summed E-state index contributed by atoms with van der Waals surface area (Å²) in [6.45, 7) is 2.93. The van der Waals surface area contributed by atoms with Gasteiger partial charge < -0.3 is 14.6 Å². The van der Waals surface area contributed by atoms with Gasteiger partial charge in [0.1, 0.15) is 0 Å². The van der Waals surface area contributed by atoms with Gasteiger partial charge in [-0.15, -0.1) is 0 Å². The molecule has 3 fully saturated rings. The highest BCUT2D eigenvalue weighted by Crippen LogP contribution is 2.36. The number of halogens is 1. The highest BCUT2D eigenvalue weighted by atomic mass is 35.5. The summed E-state index contributed by atoms with van der Waals surface area (Å²) in [7, 11) is 0. The molecule has 0 aliphatic carbocycles. The molecule has 6 rings (SSSR count). The van der Waals surface area contributed by atoms with Crippen LogP contribution in [0.5, 0.6) is 0 Å². The van der Waals surface area contributed by atoms with Crippen molar-refractivity contribution in [2.24, 2.45) is 5.92 Å². The van der Waals surface area contributed by atoms with Crippen LogP contribution in [0.25, 0.3) is 17.0 Å². The highest BCUT2D eigenvalue weighted by molar-refractivity contribution is 6.30. The van der Waals surface area contributed by atoms with E-state index in [-0.39, 0.29) is 6.10 Å². The van der Waals surface area contributed by atoms with Gasteiger partial charge in [-0.1, -0.05) is 41.9 Å². The first-order valence-electron chi connectivity index (χ1n) is 9.66. The molecule has 2 bridgehead atoms. The molecular formula is C23H23ClN2O. The lowest BCUT2D eigenvalue weighted by molar-refractivity contribution is 0.0215. The van der Waals surface area contributed by atoms with Crippen LogP contribution in [0.3, 0.4) is 0 Å². The van der Waals surface area contributed by atoms with E-state index in [9.17, 15) is 5.11 Å². The third-order valence-corrected chi connectivity index (χ3v) is 6.30. The second kappa shape index (κ2) is 6.74. The number of para-hydroxylation sites is 1. The fourth-order valence-electron chi connectivity index (χ4n) is 4.55. The van der Waals surface area contributed by atoms with Crippen LogP contribution < -0.4 is 0 Å². The van der Waals surface area contributed by atoms with Gasteiger partial charge in [0.2, 0.25) is 0 Å². The standard InChI is InChI=1S/C23H23ClN2O/c24-19-7-5-16(6-8-19)14-26-15-18(20-3-1-2-4-21(20)26)13-22-23(27)17-9-11-25(22)12-10-17/h1-8,13,15,17,23,27H,9-12,14H2/b22-13-. The topological polar surface area (TPSA) is 28.4 Å². The molecule has 3 aromatic rings. The first kappa shape index (κ1) is 16.9. The summed E-state index contributed by atoms with van der Waals surface area (Å²) in [5.41, 5.74) is 4.71. The van der Waals surface area contributed by atoms with Crippen LogP contribution in [0, 0.1) is 5.92 Å². The predicted molar refractivity (Wildman–Crippen MR) is 111 cm³/mol. The van der Waals surface area contributed by atoms with Crippen molar-refractivity contribution in [3.63, 3.8) is 0 Å². The molecule has 2 aromatic carbocycles. The minimum atomic E-state index is -0.328. The molecule has 1 atom stereocenters. The first-order chi connectivity index (χ1) is 13.2. The number of benzene rings is 2. The fourth-order valence-corrected chi connectivity index (χ4v) is 4.67. The summed E-state index contributed by atoms with van der Waals surface area (Å²) in [6, 6.07) is 16.5. The van der Waals surface area contributed by atoms with Crippen LogP contribution in [0.1, 0.15) is 24.0 Å². The van der Waals surface area contributed by atoms with E-state index < -0.39 is 0 Å². The number of hydrogen-bond donors (Lipinski definition) is 1. The number of rotatable bonds is 3. The first-order valence-corrected chi connectivity index (χ1v) is 10.0. The zero-order valence-electron chi connectivity index (χ0n) is 15.2. The van der Waals surface area contributed by atoms with Crippen molar-refractivity contribution in [2.75, 3.05) is 13.1 Å². The molecule has 138 valence electrons. The summed E-state index contributed by atoms with van der Waals surface area (Å²) in [5, 5.41) is 12.7. The molecule has 0 radical (unpaired) electrons. The van der Waals surface area contributed by atoms with Crippen molar-refractivity contribution in [2.45, 2.75) is 25.5 Å². The number of piperidine rings is 3. The molecule has 3 aliphatic rings. The minimum absolute atomic E-state index is 0.328. The predicted octanol–water partition coefficient (Wildman–Crippen LogP) is 4.77. The van der Waals surface area contributed by atoms with E-state index >= 15 is 0 Å². The maximum atomic E-state index is 10.7. The van der Waals surface area contributed by atoms with Crippen molar-refractivity contribution in [1.82, 2.24) is 9.47 Å². The van der Waals surface area contributed by atoms with E-state index in [1.165, 1.54) is 22.0 Å². The zero-order valence-corrected chi connectivity index (χ0v) is 15.9. The van der Waals surface area contributed by atoms with E-state index in [4.69, 9.17) is 11.6 Å². The van der Waals surface area contributed by atoms with E-state index in [0.717, 1.165) is 43.2 Å². The normalized spacial score (nSPS) is 23.5. The maximum absolute atomic E-state index is 10.7. The SMILES string of the molecule is OC1/C(=C/c2cn(Cc3ccc(Cl)cc3)c3ccccc23)N2CCC1CC2. The number of nitrogens with zero attached hydrogens (tertiary/aromatic N) is 2. The lowest BCUT2D eigenvalue weighted by Gasteiger charge is -2.45. The van der Waals surface area contributed by atoms with Crippen LogP contribution in [0.15, 0.2) is 60.4 Å². The molecule has 1 unspecified atom stereocenters. The fraction of sp³-hybridized carbons (Fsp3) is 0.304. The average Bonchev–Trinajstić information content (AvgIpc) is 3.04. The van der Waals surface area contributed by atoms with Gasteiger partial charge in [-0.2, -0.15) is 0 Å². The Morgan fingerprint density at radius 3 is 2.52 bits per heavy atom. The van der Waals surface area contributed by atoms with Gasteiger partial charge in [-0.3, -0.25) is 0 Å². The summed E-state index contributed by atoms with van der Waals surface area (Å²) in [4.78, 5) is 2.36. The van der Waals surface area contributed by atoms with Gasteiger partial charge in [0.15, 0.2) is 0 Å². The number of hydrogen-bond acceptors (Lipinski definition) is 2. The van der Waals surface area contributed by atoms with Crippen molar-refractivity contribution >= 4 is 28.6 Å². The number of aliphatic hydroxyl groups excluding tert-OH is 1. The maximum Gasteiger partial charge on any atom is 0.0965 e. The molecule has 3 aliphatic heterocycles. The lowest BCUT2D eigenvalue weighted by atomic mass is 9.83. The highest BCUT2D eigenvalue weighted by Gasteiger charge is 2.36. The second-order valence-corrected chi connectivity index (χ2v) is 8.13. The van der Waals surface area contributed by atoms with Crippen LogP contribution in [0.4, 0.5) is 0 Å². The average molecular weight is 379 g/mol. The Morgan fingerprint density at radius 2 is 1.78 bits per heavy atom. The van der Waals surface area contributed by atoms with Gasteiger partial charge in [0, 0.05) is 53.0 Å². The van der Waals surface area contributed by atoms with Crippen molar-refractivity contribution < 1.29 is 5.11 Å². The molecule has 4 heterocycles. The Kier molecular flexibility index (Phi) is 4.22. The molecule has 27 heavy (non-hydrogen) atoms. The Morgan fingerprint density at radius 1 is 1.04 bits per heavy atom. The molecule has 3 saturated heterocycles. The zero-order chi connectivity index (χ0) is 18.4.